The highest BCUT2D eigenvalue weighted by atomic mass is 79.9. The Bertz CT molecular complexity index is 1270. The van der Waals surface area contributed by atoms with Crippen LogP contribution in [0.3, 0.4) is 0 Å². The van der Waals surface area contributed by atoms with Gasteiger partial charge in [0.2, 0.25) is 5.91 Å². The van der Waals surface area contributed by atoms with Gasteiger partial charge in [0, 0.05) is 60.1 Å². The predicted molar refractivity (Wildman–Crippen MR) is 120 cm³/mol. The highest BCUT2D eigenvalue weighted by Crippen LogP contribution is 2.35. The number of pyridine rings is 1. The molecule has 0 radical (unpaired) electrons. The Balaban J connectivity index is 1.51. The Kier molecular flexibility index (Phi) is 4.39. The van der Waals surface area contributed by atoms with Gasteiger partial charge in [-0.05, 0) is 58.3 Å². The lowest BCUT2D eigenvalue weighted by Crippen LogP contribution is -2.32. The van der Waals surface area contributed by atoms with E-state index in [2.05, 4.69) is 72.6 Å². The van der Waals surface area contributed by atoms with Crippen molar-refractivity contribution < 1.29 is 4.79 Å². The molecule has 4 heterocycles. The van der Waals surface area contributed by atoms with Crippen LogP contribution >= 0.6 is 15.9 Å². The van der Waals surface area contributed by atoms with E-state index in [0.717, 1.165) is 56.4 Å². The van der Waals surface area contributed by atoms with Gasteiger partial charge < -0.3 is 20.2 Å². The monoisotopic (exact) mass is 449 g/mol. The Morgan fingerprint density at radius 1 is 1.28 bits per heavy atom. The topological polar surface area (TPSA) is 76.8 Å². The van der Waals surface area contributed by atoms with E-state index < -0.39 is 0 Å². The number of hydrogen-bond acceptors (Lipinski definition) is 3. The van der Waals surface area contributed by atoms with Crippen molar-refractivity contribution in [2.45, 2.75) is 13.3 Å². The number of aromatic amines is 2. The number of fused-ring (bicyclic) bond motifs is 2. The van der Waals surface area contributed by atoms with Crippen molar-refractivity contribution in [1.82, 2.24) is 19.9 Å². The quantitative estimate of drug-likeness (QED) is 0.402. The maximum Gasteiger partial charge on any atom is 0.219 e. The molecule has 1 amide bonds. The van der Waals surface area contributed by atoms with Crippen molar-refractivity contribution in [2.75, 3.05) is 18.4 Å². The number of nitrogens with one attached hydrogen (secondary N) is 3. The molecule has 29 heavy (non-hydrogen) atoms. The first-order chi connectivity index (χ1) is 14.1. The zero-order chi connectivity index (χ0) is 20.0. The number of carbonyl (C=O) groups excluding carboxylic acids is 1. The lowest BCUT2D eigenvalue weighted by Gasteiger charge is -2.24. The van der Waals surface area contributed by atoms with E-state index in [9.17, 15) is 4.79 Å². The molecule has 6 nitrogen and oxygen atoms in total. The van der Waals surface area contributed by atoms with Crippen LogP contribution in [0.5, 0.6) is 0 Å². The smallest absolute Gasteiger partial charge is 0.219 e. The molecule has 3 N–H and O–H groups in total. The normalized spacial score (nSPS) is 14.4. The summed E-state index contributed by atoms with van der Waals surface area (Å²) in [5, 5.41) is 5.73. The van der Waals surface area contributed by atoms with Gasteiger partial charge in [-0.25, -0.2) is 4.98 Å². The van der Waals surface area contributed by atoms with Crippen molar-refractivity contribution in [3.8, 4) is 0 Å². The second-order valence-corrected chi connectivity index (χ2v) is 8.13. The van der Waals surface area contributed by atoms with Gasteiger partial charge in [0.25, 0.3) is 0 Å². The third-order valence-electron chi connectivity index (χ3n) is 5.44. The SMILES string of the molecule is CC(=O)N1CC=C(c2cc3c(Nc4ccc5[nH]ccc5c4)c(Br)cnc3[nH]2)CC1. The first-order valence-corrected chi connectivity index (χ1v) is 10.3. The molecule has 0 bridgehead atoms. The van der Waals surface area contributed by atoms with E-state index in [4.69, 9.17) is 0 Å². The first kappa shape index (κ1) is 18.0. The van der Waals surface area contributed by atoms with Crippen molar-refractivity contribution >= 4 is 60.7 Å². The highest BCUT2D eigenvalue weighted by Gasteiger charge is 2.18. The number of carbonyl (C=O) groups is 1. The second-order valence-electron chi connectivity index (χ2n) is 7.28. The fourth-order valence-electron chi connectivity index (χ4n) is 3.83. The van der Waals surface area contributed by atoms with Crippen LogP contribution in [-0.2, 0) is 4.79 Å². The average molecular weight is 450 g/mol. The summed E-state index contributed by atoms with van der Waals surface area (Å²) >= 11 is 3.64. The van der Waals surface area contributed by atoms with E-state index in [1.54, 1.807) is 6.92 Å². The molecule has 0 saturated heterocycles. The summed E-state index contributed by atoms with van der Waals surface area (Å²) in [5.74, 6) is 0.119. The summed E-state index contributed by atoms with van der Waals surface area (Å²) in [6.45, 7) is 3.01. The summed E-state index contributed by atoms with van der Waals surface area (Å²) in [7, 11) is 0. The van der Waals surface area contributed by atoms with Crippen LogP contribution in [0.15, 0.2) is 53.3 Å². The Morgan fingerprint density at radius 3 is 2.97 bits per heavy atom. The van der Waals surface area contributed by atoms with Gasteiger partial charge in [-0.1, -0.05) is 6.08 Å². The van der Waals surface area contributed by atoms with Gasteiger partial charge in [-0.3, -0.25) is 4.79 Å². The Hall–Kier alpha value is -3.06. The number of rotatable bonds is 3. The molecule has 0 spiro atoms. The largest absolute Gasteiger partial charge is 0.361 e. The number of hydrogen-bond donors (Lipinski definition) is 3. The van der Waals surface area contributed by atoms with Crippen molar-refractivity contribution in [1.29, 1.82) is 0 Å². The molecule has 0 saturated carbocycles. The van der Waals surface area contributed by atoms with E-state index in [-0.39, 0.29) is 5.91 Å². The zero-order valence-electron chi connectivity index (χ0n) is 15.9. The minimum Gasteiger partial charge on any atom is -0.361 e. The molecule has 146 valence electrons. The molecule has 0 aliphatic carbocycles. The molecular formula is C22H20BrN5O. The first-order valence-electron chi connectivity index (χ1n) is 9.55. The summed E-state index contributed by atoms with van der Waals surface area (Å²) in [5.41, 5.74) is 6.22. The number of amides is 1. The van der Waals surface area contributed by atoms with Crippen molar-refractivity contribution in [3.63, 3.8) is 0 Å². The van der Waals surface area contributed by atoms with Crippen LogP contribution in [0.25, 0.3) is 27.5 Å². The molecular weight excluding hydrogens is 430 g/mol. The maximum atomic E-state index is 11.6. The third kappa shape index (κ3) is 3.31. The van der Waals surface area contributed by atoms with Gasteiger partial charge in [0.05, 0.1) is 10.2 Å². The number of benzene rings is 1. The third-order valence-corrected chi connectivity index (χ3v) is 6.04. The molecule has 3 aromatic heterocycles. The minimum absolute atomic E-state index is 0.119. The number of anilines is 2. The van der Waals surface area contributed by atoms with Crippen LogP contribution < -0.4 is 5.32 Å². The zero-order valence-corrected chi connectivity index (χ0v) is 17.5. The number of aromatic nitrogens is 3. The van der Waals surface area contributed by atoms with Crippen LogP contribution in [0.2, 0.25) is 0 Å². The van der Waals surface area contributed by atoms with E-state index in [1.807, 2.05) is 17.3 Å². The summed E-state index contributed by atoms with van der Waals surface area (Å²) in [6.07, 6.45) is 6.71. The van der Waals surface area contributed by atoms with Crippen LogP contribution in [0, 0.1) is 0 Å². The van der Waals surface area contributed by atoms with E-state index in [0.29, 0.717) is 6.54 Å². The van der Waals surface area contributed by atoms with Crippen LogP contribution in [0.1, 0.15) is 19.0 Å². The Labute approximate surface area is 176 Å². The fourth-order valence-corrected chi connectivity index (χ4v) is 4.24. The molecule has 1 aliphatic rings. The van der Waals surface area contributed by atoms with Crippen molar-refractivity contribution in [3.05, 3.63) is 59.0 Å². The standard InChI is InChI=1S/C22H20BrN5O/c1-13(29)28-8-5-14(6-9-28)20-11-17-21(18(23)12-25-22(17)27-20)26-16-2-3-19-15(10-16)4-7-24-19/h2-5,7,10-12,24H,6,8-9H2,1H3,(H2,25,26,27). The molecule has 1 aliphatic heterocycles. The maximum absolute atomic E-state index is 11.6. The molecule has 4 aromatic rings. The van der Waals surface area contributed by atoms with Gasteiger partial charge in [-0.15, -0.1) is 0 Å². The molecule has 1 aromatic carbocycles. The van der Waals surface area contributed by atoms with Gasteiger partial charge >= 0.3 is 0 Å². The van der Waals surface area contributed by atoms with Crippen LogP contribution in [0.4, 0.5) is 11.4 Å². The van der Waals surface area contributed by atoms with E-state index in [1.165, 1.54) is 5.57 Å². The minimum atomic E-state index is 0.119. The summed E-state index contributed by atoms with van der Waals surface area (Å²) in [4.78, 5) is 24.6. The van der Waals surface area contributed by atoms with Gasteiger partial charge in [0.1, 0.15) is 5.65 Å². The summed E-state index contributed by atoms with van der Waals surface area (Å²) in [6, 6.07) is 10.5. The number of nitrogens with zero attached hydrogens (tertiary/aromatic N) is 2. The summed E-state index contributed by atoms with van der Waals surface area (Å²) < 4.78 is 0.907. The molecule has 7 heteroatoms. The molecule has 0 fully saturated rings. The lowest BCUT2D eigenvalue weighted by molar-refractivity contribution is -0.128. The van der Waals surface area contributed by atoms with E-state index >= 15 is 0 Å². The average Bonchev–Trinajstić information content (AvgIpc) is 3.37. The second kappa shape index (κ2) is 7.08. The van der Waals surface area contributed by atoms with Gasteiger partial charge in [0.15, 0.2) is 0 Å². The number of H-pyrrole nitrogens is 2. The number of halogens is 1. The fraction of sp³-hybridized carbons (Fsp3) is 0.182. The van der Waals surface area contributed by atoms with Crippen LogP contribution in [-0.4, -0.2) is 38.8 Å². The molecule has 0 atom stereocenters. The van der Waals surface area contributed by atoms with Gasteiger partial charge in [-0.2, -0.15) is 0 Å². The Morgan fingerprint density at radius 2 is 2.17 bits per heavy atom. The lowest BCUT2D eigenvalue weighted by atomic mass is 10.0. The predicted octanol–water partition coefficient (Wildman–Crippen LogP) is 5.19. The molecule has 0 unspecified atom stereocenters. The molecule has 5 rings (SSSR count). The van der Waals surface area contributed by atoms with Crippen molar-refractivity contribution in [2.24, 2.45) is 0 Å². The highest BCUT2D eigenvalue weighted by molar-refractivity contribution is 9.10.